The van der Waals surface area contributed by atoms with Crippen molar-refractivity contribution in [1.82, 2.24) is 19.8 Å². The number of ether oxygens (including phenoxy) is 2. The number of aryl methyl sites for hydroxylation is 1. The molecule has 10 heteroatoms. The summed E-state index contributed by atoms with van der Waals surface area (Å²) in [7, 11) is 2.15. The van der Waals surface area contributed by atoms with Crippen molar-refractivity contribution < 1.29 is 14.3 Å². The van der Waals surface area contributed by atoms with Crippen LogP contribution in [0.2, 0.25) is 0 Å². The molecule has 1 aromatic heterocycles. The van der Waals surface area contributed by atoms with Crippen LogP contribution in [0.15, 0.2) is 18.2 Å². The van der Waals surface area contributed by atoms with E-state index in [1.807, 2.05) is 20.8 Å². The zero-order chi connectivity index (χ0) is 30.8. The molecule has 1 aromatic carbocycles. The van der Waals surface area contributed by atoms with Crippen molar-refractivity contribution in [1.29, 1.82) is 5.26 Å². The van der Waals surface area contributed by atoms with Gasteiger partial charge in [-0.1, -0.05) is 12.1 Å². The maximum Gasteiger partial charge on any atom is 0.410 e. The fraction of sp³-hybridized carbons (Fsp3) is 0.647. The van der Waals surface area contributed by atoms with Crippen LogP contribution in [0.1, 0.15) is 75.3 Å². The number of fused-ring (bicyclic) bond motifs is 2. The highest BCUT2D eigenvalue weighted by atomic mass is 16.6. The second-order valence-corrected chi connectivity index (χ2v) is 13.8. The van der Waals surface area contributed by atoms with Crippen LogP contribution in [-0.4, -0.2) is 89.9 Å². The normalized spacial score (nSPS) is 22.3. The van der Waals surface area contributed by atoms with Crippen molar-refractivity contribution in [2.45, 2.75) is 96.4 Å². The zero-order valence-corrected chi connectivity index (χ0v) is 26.8. The lowest BCUT2D eigenvalue weighted by Gasteiger charge is -2.42. The molecule has 0 N–H and O–H groups in total. The van der Waals surface area contributed by atoms with Gasteiger partial charge in [0.15, 0.2) is 0 Å². The number of nitrogens with zero attached hydrogens (tertiary/aromatic N) is 7. The molecular weight excluding hydrogens is 554 g/mol. The third-order valence-corrected chi connectivity index (χ3v) is 9.55. The Hall–Kier alpha value is -3.58. The summed E-state index contributed by atoms with van der Waals surface area (Å²) in [5, 5.41) is 9.66. The summed E-state index contributed by atoms with van der Waals surface area (Å²) in [6.45, 7) is 10.4. The Bertz CT molecular complexity index is 1400. The Balaban J connectivity index is 1.29. The predicted octanol–water partition coefficient (Wildman–Crippen LogP) is 4.73. The summed E-state index contributed by atoms with van der Waals surface area (Å²) in [5.41, 5.74) is 5.88. The third kappa shape index (κ3) is 6.58. The lowest BCUT2D eigenvalue weighted by molar-refractivity contribution is 0.0144. The quantitative estimate of drug-likeness (QED) is 0.465. The number of piperazine rings is 1. The van der Waals surface area contributed by atoms with Gasteiger partial charge in [-0.15, -0.1) is 0 Å². The molecule has 6 rings (SSSR count). The molecule has 0 radical (unpaired) electrons. The van der Waals surface area contributed by atoms with Crippen LogP contribution in [0.4, 0.5) is 16.3 Å². The second-order valence-electron chi connectivity index (χ2n) is 13.8. The number of hydrogen-bond donors (Lipinski definition) is 0. The molecule has 1 amide bonds. The number of likely N-dealkylation sites (N-methyl/N-ethyl adjacent to an activating group) is 1. The van der Waals surface area contributed by atoms with Gasteiger partial charge in [-0.2, -0.15) is 15.2 Å². The molecular formula is C34H47N7O3. The van der Waals surface area contributed by atoms with Crippen molar-refractivity contribution in [2.24, 2.45) is 0 Å². The van der Waals surface area contributed by atoms with E-state index < -0.39 is 5.60 Å². The van der Waals surface area contributed by atoms with Gasteiger partial charge in [0.1, 0.15) is 18.0 Å². The second kappa shape index (κ2) is 12.8. The molecule has 2 atom stereocenters. The lowest BCUT2D eigenvalue weighted by atomic mass is 9.89. The zero-order valence-electron chi connectivity index (χ0n) is 26.8. The van der Waals surface area contributed by atoms with Crippen LogP contribution in [0, 0.1) is 11.3 Å². The minimum Gasteiger partial charge on any atom is -0.462 e. The van der Waals surface area contributed by atoms with Gasteiger partial charge < -0.3 is 29.1 Å². The first-order chi connectivity index (χ1) is 21.2. The molecule has 2 fully saturated rings. The Morgan fingerprint density at radius 2 is 1.84 bits per heavy atom. The first-order valence-corrected chi connectivity index (χ1v) is 16.4. The molecule has 0 saturated carbocycles. The van der Waals surface area contributed by atoms with Gasteiger partial charge in [-0.3, -0.25) is 0 Å². The van der Waals surface area contributed by atoms with E-state index in [2.05, 4.69) is 46.0 Å². The first-order valence-electron chi connectivity index (χ1n) is 16.4. The Morgan fingerprint density at radius 3 is 2.61 bits per heavy atom. The highest BCUT2D eigenvalue weighted by molar-refractivity contribution is 5.69. The lowest BCUT2D eigenvalue weighted by Crippen LogP contribution is -2.56. The molecule has 2 aromatic rings. The number of likely N-dealkylation sites (tertiary alicyclic amines) is 1. The largest absolute Gasteiger partial charge is 0.462 e. The van der Waals surface area contributed by atoms with Crippen molar-refractivity contribution in [3.8, 4) is 12.1 Å². The number of nitriles is 1. The number of anilines is 2. The monoisotopic (exact) mass is 601 g/mol. The summed E-state index contributed by atoms with van der Waals surface area (Å²) in [6.07, 6.45) is 7.79. The predicted molar refractivity (Wildman–Crippen MR) is 170 cm³/mol. The number of carbonyl (C=O) groups is 1. The van der Waals surface area contributed by atoms with Crippen molar-refractivity contribution in [2.75, 3.05) is 56.2 Å². The van der Waals surface area contributed by atoms with E-state index in [-0.39, 0.29) is 18.6 Å². The molecule has 2 saturated heterocycles. The van der Waals surface area contributed by atoms with E-state index >= 15 is 0 Å². The molecule has 4 aliphatic rings. The maximum absolute atomic E-state index is 13.1. The number of amides is 1. The highest BCUT2D eigenvalue weighted by Crippen LogP contribution is 2.36. The van der Waals surface area contributed by atoms with Crippen LogP contribution in [0.25, 0.3) is 0 Å². The van der Waals surface area contributed by atoms with E-state index in [0.29, 0.717) is 44.8 Å². The van der Waals surface area contributed by atoms with Crippen LogP contribution in [-0.2, 0) is 30.5 Å². The van der Waals surface area contributed by atoms with E-state index in [0.717, 1.165) is 55.8 Å². The van der Waals surface area contributed by atoms with Gasteiger partial charge in [0.05, 0.1) is 30.8 Å². The molecule has 3 aliphatic heterocycles. The van der Waals surface area contributed by atoms with Crippen molar-refractivity contribution in [3.05, 3.63) is 40.6 Å². The fourth-order valence-electron chi connectivity index (χ4n) is 7.23. The average molecular weight is 602 g/mol. The molecule has 236 valence electrons. The van der Waals surface area contributed by atoms with Gasteiger partial charge in [0, 0.05) is 43.5 Å². The van der Waals surface area contributed by atoms with Gasteiger partial charge in [-0.25, -0.2) is 4.79 Å². The Morgan fingerprint density at radius 1 is 1.00 bits per heavy atom. The minimum absolute atomic E-state index is 0.229. The number of carbonyl (C=O) groups excluding carboxylic acids is 1. The van der Waals surface area contributed by atoms with E-state index in [1.54, 1.807) is 4.90 Å². The van der Waals surface area contributed by atoms with E-state index in [4.69, 9.17) is 19.4 Å². The van der Waals surface area contributed by atoms with Crippen LogP contribution in [0.3, 0.4) is 0 Å². The molecule has 0 unspecified atom stereocenters. The highest BCUT2D eigenvalue weighted by Gasteiger charge is 2.36. The fourth-order valence-corrected chi connectivity index (χ4v) is 7.23. The standard InChI is InChI=1S/C34H47N7O3/c1-34(2,3)44-33(42)41-20-19-40(21-25(41)14-16-35)31-28-15-18-39(30-13-7-10-24-9-5-6-12-27(24)30)22-29(28)36-32(37-31)43-23-26-11-8-17-38(26)4/h7,10,13,25-26H,5-6,8-9,11-12,14-15,17-23H2,1-4H3/t25-,26-/m0/s1. The number of rotatable bonds is 6. The van der Waals surface area contributed by atoms with E-state index in [9.17, 15) is 10.1 Å². The third-order valence-electron chi connectivity index (χ3n) is 9.55. The topological polar surface area (TPSA) is 98.1 Å². The average Bonchev–Trinajstić information content (AvgIpc) is 3.42. The summed E-state index contributed by atoms with van der Waals surface area (Å²) >= 11 is 0. The molecule has 0 spiro atoms. The Kier molecular flexibility index (Phi) is 8.86. The SMILES string of the molecule is CN1CCC[C@H]1COc1nc2c(c(N3CCN(C(=O)OC(C)(C)C)[C@@H](CC#N)C3)n1)CCN(c1cccc3c1CCCC3)C2. The van der Waals surface area contributed by atoms with E-state index in [1.165, 1.54) is 36.1 Å². The van der Waals surface area contributed by atoms with Crippen LogP contribution in [0.5, 0.6) is 6.01 Å². The summed E-state index contributed by atoms with van der Waals surface area (Å²) in [5.74, 6) is 0.881. The number of benzene rings is 1. The number of aromatic nitrogens is 2. The number of hydrogen-bond acceptors (Lipinski definition) is 9. The first kappa shape index (κ1) is 30.4. The van der Waals surface area contributed by atoms with Crippen molar-refractivity contribution >= 4 is 17.6 Å². The van der Waals surface area contributed by atoms with Gasteiger partial charge in [0.2, 0.25) is 0 Å². The molecule has 44 heavy (non-hydrogen) atoms. The molecule has 0 bridgehead atoms. The summed E-state index contributed by atoms with van der Waals surface area (Å²) in [6, 6.07) is 9.54. The van der Waals surface area contributed by atoms with Gasteiger partial charge in [0.25, 0.3) is 0 Å². The molecule has 4 heterocycles. The van der Waals surface area contributed by atoms with Gasteiger partial charge >= 0.3 is 12.1 Å². The smallest absolute Gasteiger partial charge is 0.410 e. The molecule has 1 aliphatic carbocycles. The summed E-state index contributed by atoms with van der Waals surface area (Å²) in [4.78, 5) is 31.9. The van der Waals surface area contributed by atoms with Crippen LogP contribution >= 0.6 is 0 Å². The van der Waals surface area contributed by atoms with Crippen molar-refractivity contribution in [3.63, 3.8) is 0 Å². The minimum atomic E-state index is -0.597. The Labute approximate surface area is 261 Å². The van der Waals surface area contributed by atoms with Crippen LogP contribution < -0.4 is 14.5 Å². The maximum atomic E-state index is 13.1. The molecule has 10 nitrogen and oxygen atoms in total. The van der Waals surface area contributed by atoms with Gasteiger partial charge in [-0.05, 0) is 96.5 Å². The summed E-state index contributed by atoms with van der Waals surface area (Å²) < 4.78 is 12.0.